The molecule has 0 amide bonds. The van der Waals surface area contributed by atoms with E-state index in [2.05, 4.69) is 49.2 Å². The first-order valence-electron chi connectivity index (χ1n) is 6.38. The van der Waals surface area contributed by atoms with Gasteiger partial charge in [-0.05, 0) is 55.5 Å². The third kappa shape index (κ3) is 3.17. The van der Waals surface area contributed by atoms with Gasteiger partial charge in [0.25, 0.3) is 0 Å². The summed E-state index contributed by atoms with van der Waals surface area (Å²) < 4.78 is 0. The molecule has 2 rings (SSSR count). The molecule has 2 nitrogen and oxygen atoms in total. The van der Waals surface area contributed by atoms with Crippen molar-refractivity contribution in [2.45, 2.75) is 32.7 Å². The van der Waals surface area contributed by atoms with Crippen LogP contribution in [-0.4, -0.2) is 4.98 Å². The molecule has 0 aliphatic heterocycles. The molecule has 0 saturated heterocycles. The molecule has 1 heterocycles. The molecular formula is C16H20N2. The summed E-state index contributed by atoms with van der Waals surface area (Å²) >= 11 is 0. The zero-order valence-electron chi connectivity index (χ0n) is 11.1. The molecule has 0 fully saturated rings. The number of hydrogen-bond donors (Lipinski definition) is 1. The Balaban J connectivity index is 2.01. The predicted octanol–water partition coefficient (Wildman–Crippen LogP) is 3.33. The molecule has 1 atom stereocenters. The Morgan fingerprint density at radius 3 is 2.50 bits per heavy atom. The monoisotopic (exact) mass is 240 g/mol. The first-order chi connectivity index (χ1) is 8.66. The van der Waals surface area contributed by atoms with Crippen molar-refractivity contribution >= 4 is 0 Å². The van der Waals surface area contributed by atoms with E-state index >= 15 is 0 Å². The van der Waals surface area contributed by atoms with Gasteiger partial charge in [0.2, 0.25) is 0 Å². The summed E-state index contributed by atoms with van der Waals surface area (Å²) in [4.78, 5) is 4.02. The van der Waals surface area contributed by atoms with Crippen LogP contribution in [0.25, 0.3) is 0 Å². The van der Waals surface area contributed by atoms with E-state index in [0.29, 0.717) is 0 Å². The zero-order valence-corrected chi connectivity index (χ0v) is 11.1. The molecule has 18 heavy (non-hydrogen) atoms. The van der Waals surface area contributed by atoms with Gasteiger partial charge in [-0.2, -0.15) is 0 Å². The topological polar surface area (TPSA) is 38.9 Å². The Bertz CT molecular complexity index is 506. The highest BCUT2D eigenvalue weighted by Crippen LogP contribution is 2.21. The number of nitrogens with zero attached hydrogens (tertiary/aromatic N) is 1. The number of hydrogen-bond acceptors (Lipinski definition) is 2. The third-order valence-corrected chi connectivity index (χ3v) is 3.32. The van der Waals surface area contributed by atoms with Crippen LogP contribution in [0, 0.1) is 13.8 Å². The second-order valence-electron chi connectivity index (χ2n) is 4.86. The van der Waals surface area contributed by atoms with Crippen LogP contribution in [0.1, 0.15) is 34.7 Å². The van der Waals surface area contributed by atoms with Gasteiger partial charge in [-0.3, -0.25) is 4.98 Å². The van der Waals surface area contributed by atoms with Crippen LogP contribution < -0.4 is 5.73 Å². The van der Waals surface area contributed by atoms with Gasteiger partial charge < -0.3 is 5.73 Å². The van der Waals surface area contributed by atoms with Crippen molar-refractivity contribution in [2.75, 3.05) is 0 Å². The van der Waals surface area contributed by atoms with E-state index in [0.717, 1.165) is 12.8 Å². The van der Waals surface area contributed by atoms with E-state index in [-0.39, 0.29) is 6.04 Å². The quantitative estimate of drug-likeness (QED) is 0.890. The number of rotatable bonds is 4. The number of aromatic nitrogens is 1. The molecule has 0 aliphatic carbocycles. The second-order valence-corrected chi connectivity index (χ2v) is 4.86. The fourth-order valence-corrected chi connectivity index (χ4v) is 2.27. The van der Waals surface area contributed by atoms with Gasteiger partial charge in [0.15, 0.2) is 0 Å². The van der Waals surface area contributed by atoms with E-state index in [1.54, 1.807) is 0 Å². The normalized spacial score (nSPS) is 12.4. The maximum absolute atomic E-state index is 6.28. The van der Waals surface area contributed by atoms with Crippen LogP contribution in [0.5, 0.6) is 0 Å². The molecule has 0 saturated carbocycles. The van der Waals surface area contributed by atoms with E-state index < -0.39 is 0 Å². The SMILES string of the molecule is Cc1ccc(C(N)CCc2ccncc2)c(C)c1. The first-order valence-corrected chi connectivity index (χ1v) is 6.38. The van der Waals surface area contributed by atoms with Crippen molar-refractivity contribution in [3.8, 4) is 0 Å². The van der Waals surface area contributed by atoms with Crippen LogP contribution >= 0.6 is 0 Å². The fourth-order valence-electron chi connectivity index (χ4n) is 2.27. The second kappa shape index (κ2) is 5.78. The summed E-state index contributed by atoms with van der Waals surface area (Å²) in [7, 11) is 0. The summed E-state index contributed by atoms with van der Waals surface area (Å²) in [5.41, 5.74) is 11.4. The lowest BCUT2D eigenvalue weighted by molar-refractivity contribution is 0.647. The number of aryl methyl sites for hydroxylation is 3. The highest BCUT2D eigenvalue weighted by Gasteiger charge is 2.09. The average Bonchev–Trinajstić information content (AvgIpc) is 2.37. The lowest BCUT2D eigenvalue weighted by Crippen LogP contribution is -2.12. The molecule has 1 aromatic carbocycles. The van der Waals surface area contributed by atoms with Crippen molar-refractivity contribution in [3.63, 3.8) is 0 Å². The minimum Gasteiger partial charge on any atom is -0.324 e. The van der Waals surface area contributed by atoms with E-state index in [1.165, 1.54) is 22.3 Å². The van der Waals surface area contributed by atoms with Gasteiger partial charge in [0, 0.05) is 18.4 Å². The van der Waals surface area contributed by atoms with Crippen LogP contribution in [-0.2, 0) is 6.42 Å². The standard InChI is InChI=1S/C16H20N2/c1-12-3-5-15(13(2)11-12)16(17)6-4-14-7-9-18-10-8-14/h3,5,7-11,16H,4,6,17H2,1-2H3. The van der Waals surface area contributed by atoms with Crippen molar-refractivity contribution in [1.82, 2.24) is 4.98 Å². The molecule has 1 unspecified atom stereocenters. The van der Waals surface area contributed by atoms with E-state index in [4.69, 9.17) is 5.73 Å². The molecule has 0 spiro atoms. The van der Waals surface area contributed by atoms with Gasteiger partial charge in [0.05, 0.1) is 0 Å². The molecule has 0 aliphatic rings. The summed E-state index contributed by atoms with van der Waals surface area (Å²) in [6, 6.07) is 10.7. The molecule has 2 heteroatoms. The molecular weight excluding hydrogens is 220 g/mol. The van der Waals surface area contributed by atoms with Crippen LogP contribution in [0.4, 0.5) is 0 Å². The zero-order chi connectivity index (χ0) is 13.0. The van der Waals surface area contributed by atoms with Crippen molar-refractivity contribution in [3.05, 3.63) is 65.0 Å². The van der Waals surface area contributed by atoms with E-state index in [1.807, 2.05) is 12.4 Å². The van der Waals surface area contributed by atoms with Gasteiger partial charge in [-0.1, -0.05) is 23.8 Å². The molecule has 0 radical (unpaired) electrons. The van der Waals surface area contributed by atoms with Crippen LogP contribution in [0.15, 0.2) is 42.7 Å². The Morgan fingerprint density at radius 1 is 1.11 bits per heavy atom. The van der Waals surface area contributed by atoms with Crippen molar-refractivity contribution in [2.24, 2.45) is 5.73 Å². The molecule has 2 aromatic rings. The van der Waals surface area contributed by atoms with Gasteiger partial charge in [-0.25, -0.2) is 0 Å². The van der Waals surface area contributed by atoms with Gasteiger partial charge >= 0.3 is 0 Å². The summed E-state index contributed by atoms with van der Waals surface area (Å²) in [5, 5.41) is 0. The minimum atomic E-state index is 0.110. The lowest BCUT2D eigenvalue weighted by atomic mass is 9.95. The number of pyridine rings is 1. The molecule has 0 bridgehead atoms. The maximum atomic E-state index is 6.28. The highest BCUT2D eigenvalue weighted by molar-refractivity contribution is 5.32. The Labute approximate surface area is 109 Å². The number of benzene rings is 1. The van der Waals surface area contributed by atoms with Crippen molar-refractivity contribution < 1.29 is 0 Å². The lowest BCUT2D eigenvalue weighted by Gasteiger charge is -2.15. The smallest absolute Gasteiger partial charge is 0.0300 e. The number of nitrogens with two attached hydrogens (primary N) is 1. The average molecular weight is 240 g/mol. The third-order valence-electron chi connectivity index (χ3n) is 3.32. The summed E-state index contributed by atoms with van der Waals surface area (Å²) in [5.74, 6) is 0. The van der Waals surface area contributed by atoms with Gasteiger partial charge in [0.1, 0.15) is 0 Å². The molecule has 1 aromatic heterocycles. The summed E-state index contributed by atoms with van der Waals surface area (Å²) in [6.45, 7) is 4.24. The van der Waals surface area contributed by atoms with Crippen LogP contribution in [0.2, 0.25) is 0 Å². The van der Waals surface area contributed by atoms with Crippen molar-refractivity contribution in [1.29, 1.82) is 0 Å². The van der Waals surface area contributed by atoms with Crippen LogP contribution in [0.3, 0.4) is 0 Å². The molecule has 2 N–H and O–H groups in total. The fraction of sp³-hybridized carbons (Fsp3) is 0.312. The molecule has 94 valence electrons. The summed E-state index contributed by atoms with van der Waals surface area (Å²) in [6.07, 6.45) is 5.63. The Kier molecular flexibility index (Phi) is 4.11. The highest BCUT2D eigenvalue weighted by atomic mass is 14.6. The van der Waals surface area contributed by atoms with Gasteiger partial charge in [-0.15, -0.1) is 0 Å². The Morgan fingerprint density at radius 2 is 1.83 bits per heavy atom. The van der Waals surface area contributed by atoms with E-state index in [9.17, 15) is 0 Å². The Hall–Kier alpha value is -1.67. The predicted molar refractivity (Wildman–Crippen MR) is 75.4 cm³/mol. The first kappa shape index (κ1) is 12.8. The largest absolute Gasteiger partial charge is 0.324 e. The maximum Gasteiger partial charge on any atom is 0.0300 e. The minimum absolute atomic E-state index is 0.110.